The average molecular weight is 431 g/mol. The van der Waals surface area contributed by atoms with Crippen LogP contribution in [0, 0.1) is 5.82 Å². The van der Waals surface area contributed by atoms with Crippen molar-refractivity contribution in [3.8, 4) is 5.75 Å². The molecule has 0 fully saturated rings. The van der Waals surface area contributed by atoms with Gasteiger partial charge in [0, 0.05) is 12.4 Å². The Morgan fingerprint density at radius 3 is 2.36 bits per heavy atom. The molecule has 28 heavy (non-hydrogen) atoms. The molecule has 0 bridgehead atoms. The van der Waals surface area contributed by atoms with Gasteiger partial charge in [0.1, 0.15) is 11.6 Å². The Balaban J connectivity index is 2.23. The maximum atomic E-state index is 13.1. The maximum absolute atomic E-state index is 13.1. The molecule has 0 unspecified atom stereocenters. The summed E-state index contributed by atoms with van der Waals surface area (Å²) in [6, 6.07) is 11.0. The van der Waals surface area contributed by atoms with Crippen LogP contribution in [0.3, 0.4) is 0 Å². The zero-order valence-corrected chi connectivity index (χ0v) is 16.4. The van der Waals surface area contributed by atoms with Crippen LogP contribution in [0.5, 0.6) is 5.75 Å². The van der Waals surface area contributed by atoms with E-state index in [-0.39, 0.29) is 11.4 Å². The molecule has 0 aromatic heterocycles. The highest BCUT2D eigenvalue weighted by molar-refractivity contribution is 7.89. The summed E-state index contributed by atoms with van der Waals surface area (Å²) in [7, 11) is -4.07. The Hall–Kier alpha value is -2.20. The van der Waals surface area contributed by atoms with E-state index in [1.54, 1.807) is 0 Å². The molecule has 2 aromatic carbocycles. The van der Waals surface area contributed by atoms with Crippen LogP contribution in [0.4, 0.5) is 4.39 Å². The minimum absolute atomic E-state index is 0.0509. The average Bonchev–Trinajstić information content (AvgIpc) is 2.69. The second-order valence-corrected chi connectivity index (χ2v) is 8.11. The third-order valence-corrected chi connectivity index (χ3v) is 5.80. The Kier molecular flexibility index (Phi) is 8.18. The van der Waals surface area contributed by atoms with Crippen molar-refractivity contribution in [2.75, 3.05) is 19.0 Å². The fraction of sp³-hybridized carbons (Fsp3) is 0.278. The predicted octanol–water partition coefficient (Wildman–Crippen LogP) is 2.53. The summed E-state index contributed by atoms with van der Waals surface area (Å²) in [5, 5.41) is 8.77. The van der Waals surface area contributed by atoms with E-state index in [1.165, 1.54) is 54.0 Å². The van der Waals surface area contributed by atoms with Gasteiger partial charge in [-0.3, -0.25) is 10.0 Å². The molecule has 0 atom stereocenters. The van der Waals surface area contributed by atoms with Crippen molar-refractivity contribution in [1.29, 1.82) is 0 Å². The first kappa shape index (κ1) is 22.1. The Morgan fingerprint density at radius 2 is 1.79 bits per heavy atom. The monoisotopic (exact) mass is 430 g/mol. The van der Waals surface area contributed by atoms with Gasteiger partial charge in [0.05, 0.1) is 18.0 Å². The number of halogens is 2. The Labute approximate surface area is 167 Å². The fourth-order valence-electron chi connectivity index (χ4n) is 2.32. The molecule has 10 heteroatoms. The van der Waals surface area contributed by atoms with Gasteiger partial charge >= 0.3 is 0 Å². The van der Waals surface area contributed by atoms with Gasteiger partial charge in [0.25, 0.3) is 5.91 Å². The molecule has 0 radical (unpaired) electrons. The largest absolute Gasteiger partial charge is 0.494 e. The lowest BCUT2D eigenvalue weighted by atomic mass is 10.2. The zero-order valence-electron chi connectivity index (χ0n) is 14.8. The van der Waals surface area contributed by atoms with Crippen LogP contribution < -0.4 is 10.2 Å². The normalized spacial score (nSPS) is 11.4. The summed E-state index contributed by atoms with van der Waals surface area (Å²) < 4.78 is 45.3. The Bertz CT molecular complexity index is 876. The molecule has 0 aliphatic carbocycles. The number of nitrogens with zero attached hydrogens (tertiary/aromatic N) is 1. The number of rotatable bonds is 10. The van der Waals surface area contributed by atoms with Gasteiger partial charge in [0.2, 0.25) is 10.0 Å². The van der Waals surface area contributed by atoms with Crippen LogP contribution in [-0.2, 0) is 21.4 Å². The third-order valence-electron chi connectivity index (χ3n) is 3.73. The van der Waals surface area contributed by atoms with Crippen LogP contribution in [-0.4, -0.2) is 42.9 Å². The van der Waals surface area contributed by atoms with E-state index < -0.39 is 28.3 Å². The van der Waals surface area contributed by atoms with Gasteiger partial charge in [-0.1, -0.05) is 12.1 Å². The second kappa shape index (κ2) is 10.4. The second-order valence-electron chi connectivity index (χ2n) is 5.80. The van der Waals surface area contributed by atoms with Gasteiger partial charge in [-0.15, -0.1) is 11.6 Å². The predicted molar refractivity (Wildman–Crippen MR) is 101 cm³/mol. The number of nitrogens with one attached hydrogen (secondary N) is 1. The molecular weight excluding hydrogens is 411 g/mol. The van der Waals surface area contributed by atoms with E-state index in [4.69, 9.17) is 21.5 Å². The first-order chi connectivity index (χ1) is 13.4. The summed E-state index contributed by atoms with van der Waals surface area (Å²) in [6.45, 7) is -0.378. The molecule has 0 aliphatic heterocycles. The molecule has 0 aliphatic rings. The number of hydroxylamine groups is 1. The fourth-order valence-corrected chi connectivity index (χ4v) is 3.81. The van der Waals surface area contributed by atoms with Gasteiger partial charge in [-0.05, 0) is 48.4 Å². The zero-order chi connectivity index (χ0) is 20.6. The molecule has 152 valence electrons. The van der Waals surface area contributed by atoms with Gasteiger partial charge < -0.3 is 4.74 Å². The van der Waals surface area contributed by atoms with E-state index in [2.05, 4.69) is 0 Å². The van der Waals surface area contributed by atoms with Crippen molar-refractivity contribution in [2.24, 2.45) is 0 Å². The summed E-state index contributed by atoms with van der Waals surface area (Å²) in [5.41, 5.74) is 1.90. The van der Waals surface area contributed by atoms with Gasteiger partial charge in [-0.2, -0.15) is 4.31 Å². The lowest BCUT2D eigenvalue weighted by molar-refractivity contribution is -0.129. The molecular formula is C18H20ClFN2O5S. The molecule has 2 aromatic rings. The first-order valence-corrected chi connectivity index (χ1v) is 10.3. The smallest absolute Gasteiger partial charge is 0.258 e. The lowest BCUT2D eigenvalue weighted by Gasteiger charge is -2.21. The minimum Gasteiger partial charge on any atom is -0.494 e. The third kappa shape index (κ3) is 6.16. The molecule has 0 heterocycles. The van der Waals surface area contributed by atoms with Crippen molar-refractivity contribution in [1.82, 2.24) is 9.79 Å². The topological polar surface area (TPSA) is 95.9 Å². The summed E-state index contributed by atoms with van der Waals surface area (Å²) in [6.07, 6.45) is 0.656. The number of ether oxygens (including phenoxy) is 1. The standard InChI is InChI=1S/C18H20ClFN2O5S/c19-10-1-11-27-16-6-8-17(9-7-16)28(25,26)22(13-18(23)21-24)12-14-2-4-15(20)5-3-14/h2-9,24H,1,10-13H2,(H,21,23). The summed E-state index contributed by atoms with van der Waals surface area (Å²) in [4.78, 5) is 11.5. The molecule has 0 saturated carbocycles. The first-order valence-electron chi connectivity index (χ1n) is 8.33. The SMILES string of the molecule is O=C(CN(Cc1ccc(F)cc1)S(=O)(=O)c1ccc(OCCCCl)cc1)NO. The van der Waals surface area contributed by atoms with Crippen molar-refractivity contribution in [2.45, 2.75) is 17.9 Å². The van der Waals surface area contributed by atoms with Crippen LogP contribution in [0.15, 0.2) is 53.4 Å². The van der Waals surface area contributed by atoms with Crippen LogP contribution >= 0.6 is 11.6 Å². The van der Waals surface area contributed by atoms with Crippen molar-refractivity contribution in [3.05, 3.63) is 59.9 Å². The van der Waals surface area contributed by atoms with Crippen LogP contribution in [0.25, 0.3) is 0 Å². The van der Waals surface area contributed by atoms with E-state index in [0.29, 0.717) is 30.2 Å². The quantitative estimate of drug-likeness (QED) is 0.261. The molecule has 0 spiro atoms. The number of amides is 1. The summed E-state index contributed by atoms with van der Waals surface area (Å²) in [5.74, 6) is -0.414. The highest BCUT2D eigenvalue weighted by Gasteiger charge is 2.27. The maximum Gasteiger partial charge on any atom is 0.258 e. The number of alkyl halides is 1. The van der Waals surface area contributed by atoms with Crippen LogP contribution in [0.2, 0.25) is 0 Å². The number of carbonyl (C=O) groups is 1. The van der Waals surface area contributed by atoms with E-state index >= 15 is 0 Å². The molecule has 1 amide bonds. The van der Waals surface area contributed by atoms with E-state index in [9.17, 15) is 17.6 Å². The van der Waals surface area contributed by atoms with E-state index in [0.717, 1.165) is 4.31 Å². The van der Waals surface area contributed by atoms with Crippen molar-refractivity contribution in [3.63, 3.8) is 0 Å². The lowest BCUT2D eigenvalue weighted by Crippen LogP contribution is -2.39. The molecule has 0 saturated heterocycles. The van der Waals surface area contributed by atoms with E-state index in [1.807, 2.05) is 0 Å². The summed E-state index contributed by atoms with van der Waals surface area (Å²) >= 11 is 5.58. The number of hydrogen-bond acceptors (Lipinski definition) is 5. The number of benzene rings is 2. The van der Waals surface area contributed by atoms with Crippen LogP contribution in [0.1, 0.15) is 12.0 Å². The minimum atomic E-state index is -4.07. The number of hydrogen-bond donors (Lipinski definition) is 2. The number of sulfonamides is 1. The van der Waals surface area contributed by atoms with Crippen molar-refractivity contribution >= 4 is 27.5 Å². The number of carbonyl (C=O) groups excluding carboxylic acids is 1. The molecule has 2 N–H and O–H groups in total. The molecule has 2 rings (SSSR count). The highest BCUT2D eigenvalue weighted by atomic mass is 35.5. The van der Waals surface area contributed by atoms with Gasteiger partial charge in [0.15, 0.2) is 0 Å². The van der Waals surface area contributed by atoms with Crippen molar-refractivity contribution < 1.29 is 27.5 Å². The van der Waals surface area contributed by atoms with Gasteiger partial charge in [-0.25, -0.2) is 18.3 Å². The Morgan fingerprint density at radius 1 is 1.14 bits per heavy atom. The highest BCUT2D eigenvalue weighted by Crippen LogP contribution is 2.21. The molecule has 7 nitrogen and oxygen atoms in total.